The highest BCUT2D eigenvalue weighted by atomic mass is 32.2. The number of pyridine rings is 1. The number of nitrogens with one attached hydrogen (secondary N) is 1. The summed E-state index contributed by atoms with van der Waals surface area (Å²) in [4.78, 5) is 12.7. The summed E-state index contributed by atoms with van der Waals surface area (Å²) in [6.07, 6.45) is -0.379. The normalized spacial score (nSPS) is 22.4. The highest BCUT2D eigenvalue weighted by Crippen LogP contribution is 2.34. The van der Waals surface area contributed by atoms with E-state index in [1.54, 1.807) is 12.4 Å². The lowest BCUT2D eigenvalue weighted by atomic mass is 10.1. The fourth-order valence-corrected chi connectivity index (χ4v) is 4.46. The number of nitrogens with zero attached hydrogens (tertiary/aromatic N) is 4. The zero-order valence-corrected chi connectivity index (χ0v) is 18.9. The molecule has 1 fully saturated rings. The minimum Gasteiger partial charge on any atom is -0.387 e. The highest BCUT2D eigenvalue weighted by molar-refractivity contribution is 7.87. The molecule has 1 aromatic carbocycles. The maximum atomic E-state index is 11.2. The number of nitrogen functional groups attached to an aromatic ring is 1. The molecule has 13 heteroatoms. The molecule has 1 saturated heterocycles. The molecule has 1 aliphatic rings. The lowest BCUT2D eigenvalue weighted by molar-refractivity contribution is -0.0327. The maximum absolute atomic E-state index is 11.2. The molecule has 5 rings (SSSR count). The monoisotopic (exact) mass is 495 g/mol. The summed E-state index contributed by atoms with van der Waals surface area (Å²) in [7, 11) is -4.01. The van der Waals surface area contributed by atoms with Gasteiger partial charge in [0.15, 0.2) is 6.23 Å². The molecule has 0 amide bonds. The van der Waals surface area contributed by atoms with E-state index in [1.807, 2.05) is 30.3 Å². The predicted molar refractivity (Wildman–Crippen MR) is 127 cm³/mol. The Morgan fingerprint density at radius 3 is 2.66 bits per heavy atom. The quantitative estimate of drug-likeness (QED) is 0.229. The summed E-state index contributed by atoms with van der Waals surface area (Å²) < 4.78 is 31.8. The number of nitrogens with two attached hydrogens (primary N) is 2. The molecule has 4 atom stereocenters. The van der Waals surface area contributed by atoms with Gasteiger partial charge >= 0.3 is 0 Å². The molecule has 0 unspecified atom stereocenters. The molecule has 35 heavy (non-hydrogen) atoms. The van der Waals surface area contributed by atoms with E-state index in [1.165, 1.54) is 10.9 Å². The third kappa shape index (κ3) is 4.42. The molecule has 0 spiro atoms. The lowest BCUT2D eigenvalue weighted by Crippen LogP contribution is -2.42. The Hall–Kier alpha value is -3.64. The molecule has 180 valence electrons. The molecular formula is C22H21N7O5S. The van der Waals surface area contributed by atoms with E-state index >= 15 is 0 Å². The summed E-state index contributed by atoms with van der Waals surface area (Å²) in [6.45, 7) is -0.329. The maximum Gasteiger partial charge on any atom is 0.274 e. The highest BCUT2D eigenvalue weighted by Gasteiger charge is 2.44. The van der Waals surface area contributed by atoms with Crippen molar-refractivity contribution in [2.45, 2.75) is 24.5 Å². The van der Waals surface area contributed by atoms with Crippen molar-refractivity contribution in [2.24, 2.45) is 5.14 Å². The fourth-order valence-electron chi connectivity index (χ4n) is 4.06. The van der Waals surface area contributed by atoms with Crippen LogP contribution in [0.2, 0.25) is 0 Å². The van der Waals surface area contributed by atoms with Crippen molar-refractivity contribution in [3.63, 3.8) is 0 Å². The molecule has 0 bridgehead atoms. The van der Waals surface area contributed by atoms with Crippen LogP contribution in [0.15, 0.2) is 49.1 Å². The summed E-state index contributed by atoms with van der Waals surface area (Å²) in [5, 5.41) is 27.4. The van der Waals surface area contributed by atoms with Crippen molar-refractivity contribution < 1.29 is 23.4 Å². The summed E-state index contributed by atoms with van der Waals surface area (Å²) >= 11 is 0. The molecule has 1 aliphatic heterocycles. The summed E-state index contributed by atoms with van der Waals surface area (Å²) in [6, 6.07) is 9.46. The largest absolute Gasteiger partial charge is 0.387 e. The first-order valence-corrected chi connectivity index (χ1v) is 12.0. The van der Waals surface area contributed by atoms with Gasteiger partial charge in [0.25, 0.3) is 10.2 Å². The first kappa shape index (κ1) is 23.1. The molecule has 0 radical (unpaired) electrons. The van der Waals surface area contributed by atoms with Gasteiger partial charge in [-0.25, -0.2) is 15.1 Å². The van der Waals surface area contributed by atoms with E-state index in [-0.39, 0.29) is 12.4 Å². The molecule has 0 saturated carbocycles. The Morgan fingerprint density at radius 2 is 1.86 bits per heavy atom. The topological polar surface area (TPSA) is 191 Å². The molecular weight excluding hydrogens is 474 g/mol. The molecule has 4 heterocycles. The van der Waals surface area contributed by atoms with E-state index in [9.17, 15) is 18.6 Å². The van der Waals surface area contributed by atoms with Crippen molar-refractivity contribution >= 4 is 38.0 Å². The van der Waals surface area contributed by atoms with Crippen molar-refractivity contribution in [3.05, 3.63) is 60.2 Å². The van der Waals surface area contributed by atoms with Crippen LogP contribution < -0.4 is 15.6 Å². The van der Waals surface area contributed by atoms with Crippen LogP contribution in [0.4, 0.5) is 5.82 Å². The van der Waals surface area contributed by atoms with Crippen LogP contribution in [0.5, 0.6) is 0 Å². The van der Waals surface area contributed by atoms with Crippen LogP contribution in [0.3, 0.4) is 0 Å². The van der Waals surface area contributed by atoms with Crippen LogP contribution in [-0.4, -0.2) is 63.0 Å². The molecule has 3 aromatic heterocycles. The van der Waals surface area contributed by atoms with Gasteiger partial charge in [0.2, 0.25) is 0 Å². The number of hydrogen-bond donors (Lipinski definition) is 5. The van der Waals surface area contributed by atoms with Crippen molar-refractivity contribution in [1.29, 1.82) is 0 Å². The number of fused-ring (bicyclic) bond motifs is 2. The average Bonchev–Trinajstić information content (AvgIpc) is 3.34. The number of hydrogen-bond acceptors (Lipinski definition) is 9. The number of aliphatic hydroxyl groups excluding tert-OH is 2. The predicted octanol–water partition coefficient (Wildman–Crippen LogP) is -0.626. The SMILES string of the molecule is Nc1ncnc2c1c(C#Cc1cccc3cccnc13)cn2[C@@H]1O[C@H](CNS(N)(=O)=O)[C@@H](O)[C@H]1O. The lowest BCUT2D eigenvalue weighted by Gasteiger charge is -2.17. The van der Waals surface area contributed by atoms with Crippen LogP contribution in [-0.2, 0) is 14.9 Å². The van der Waals surface area contributed by atoms with Gasteiger partial charge in [-0.2, -0.15) is 13.1 Å². The Morgan fingerprint density at radius 1 is 1.09 bits per heavy atom. The number of rotatable bonds is 4. The van der Waals surface area contributed by atoms with E-state index in [4.69, 9.17) is 15.6 Å². The van der Waals surface area contributed by atoms with Crippen LogP contribution >= 0.6 is 0 Å². The third-order valence-corrected chi connectivity index (χ3v) is 6.27. The van der Waals surface area contributed by atoms with Gasteiger partial charge in [-0.05, 0) is 12.1 Å². The van der Waals surface area contributed by atoms with Gasteiger partial charge in [0, 0.05) is 24.3 Å². The molecule has 4 aromatic rings. The Balaban J connectivity index is 1.55. The van der Waals surface area contributed by atoms with Gasteiger partial charge in [0.1, 0.15) is 36.1 Å². The van der Waals surface area contributed by atoms with Crippen molar-refractivity contribution in [3.8, 4) is 11.8 Å². The number of para-hydroxylation sites is 1. The Bertz CT molecular complexity index is 1590. The Kier molecular flexibility index (Phi) is 5.85. The minimum atomic E-state index is -4.01. The standard InChI is InChI=1S/C22H21N7O5S/c23-20-16-14(7-6-13-4-1-3-12-5-2-8-25-17(12)13)10-29(21(16)27-11-26-20)22-19(31)18(30)15(34-22)9-28-35(24,32)33/h1-5,8,10-11,15,18-19,22,28,30-31H,9H2,(H2,23,26,27)(H2,24,32,33)/t15-,18-,19-,22-/m1/s1. The minimum absolute atomic E-state index is 0.176. The average molecular weight is 496 g/mol. The number of aromatic nitrogens is 4. The second-order valence-corrected chi connectivity index (χ2v) is 9.36. The van der Waals surface area contributed by atoms with E-state index in [2.05, 4.69) is 31.5 Å². The van der Waals surface area contributed by atoms with E-state index < -0.39 is 34.7 Å². The number of benzene rings is 1. The van der Waals surface area contributed by atoms with Crippen molar-refractivity contribution in [2.75, 3.05) is 12.3 Å². The summed E-state index contributed by atoms with van der Waals surface area (Å²) in [5.74, 6) is 6.37. The van der Waals surface area contributed by atoms with Gasteiger partial charge in [-0.3, -0.25) is 4.98 Å². The fraction of sp³-hybridized carbons (Fsp3) is 0.227. The number of ether oxygens (including phenoxy) is 1. The number of aliphatic hydroxyl groups is 2. The van der Waals surface area contributed by atoms with E-state index in [0.717, 1.165) is 10.9 Å². The molecule has 0 aliphatic carbocycles. The third-order valence-electron chi connectivity index (χ3n) is 5.70. The van der Waals surface area contributed by atoms with E-state index in [0.29, 0.717) is 22.2 Å². The van der Waals surface area contributed by atoms with Crippen LogP contribution in [0.25, 0.3) is 21.9 Å². The number of anilines is 1. The second-order valence-electron chi connectivity index (χ2n) is 7.98. The second kappa shape index (κ2) is 8.86. The smallest absolute Gasteiger partial charge is 0.274 e. The summed E-state index contributed by atoms with van der Waals surface area (Å²) in [5.41, 5.74) is 8.39. The Labute approximate surface area is 199 Å². The van der Waals surface area contributed by atoms with Gasteiger partial charge in [0.05, 0.1) is 22.0 Å². The van der Waals surface area contributed by atoms with Crippen LogP contribution in [0.1, 0.15) is 17.4 Å². The van der Waals surface area contributed by atoms with Crippen LogP contribution in [0, 0.1) is 11.8 Å². The van der Waals surface area contributed by atoms with Gasteiger partial charge in [-0.15, -0.1) is 0 Å². The zero-order chi connectivity index (χ0) is 24.7. The molecule has 12 nitrogen and oxygen atoms in total. The first-order valence-electron chi connectivity index (χ1n) is 10.5. The van der Waals surface area contributed by atoms with Gasteiger partial charge in [-0.1, -0.05) is 30.0 Å². The van der Waals surface area contributed by atoms with Crippen molar-refractivity contribution in [1.82, 2.24) is 24.2 Å². The first-order chi connectivity index (χ1) is 16.7. The molecule has 7 N–H and O–H groups in total. The van der Waals surface area contributed by atoms with Gasteiger partial charge < -0.3 is 25.3 Å². The zero-order valence-electron chi connectivity index (χ0n) is 18.1.